The number of Topliss-reactive ketones (excluding diaryl/α,β-unsaturated/α-hetero) is 1. The van der Waals surface area contributed by atoms with Crippen molar-refractivity contribution < 1.29 is 9.93 Å². The van der Waals surface area contributed by atoms with Crippen LogP contribution in [-0.4, -0.2) is 26.0 Å². The molecule has 1 aliphatic rings. The third-order valence-corrected chi connectivity index (χ3v) is 14.2. The SMILES string of the molecule is [2H]C1(C[O][Ge]([c]2ccccc2)([c]2ccccc2)[c]2ccccc2)CCCCCC1=O. The molecule has 1 atom stereocenters. The zero-order chi connectivity index (χ0) is 20.9. The van der Waals surface area contributed by atoms with Crippen LogP contribution in [0.4, 0.5) is 0 Å². The number of rotatable bonds is 6. The molecule has 0 amide bonds. The van der Waals surface area contributed by atoms with Crippen molar-refractivity contribution in [2.45, 2.75) is 32.1 Å². The Labute approximate surface area is 178 Å². The molecule has 0 bridgehead atoms. The molecular formula is C26H28GeO2. The van der Waals surface area contributed by atoms with Gasteiger partial charge in [-0.3, -0.25) is 0 Å². The summed E-state index contributed by atoms with van der Waals surface area (Å²) in [4.78, 5) is 12.8. The molecule has 4 rings (SSSR count). The van der Waals surface area contributed by atoms with Crippen LogP contribution in [0.5, 0.6) is 0 Å². The topological polar surface area (TPSA) is 26.3 Å². The van der Waals surface area contributed by atoms with E-state index < -0.39 is 19.5 Å². The van der Waals surface area contributed by atoms with Crippen molar-refractivity contribution in [2.75, 3.05) is 6.61 Å². The predicted octanol–water partition coefficient (Wildman–Crippen LogP) is 3.82. The van der Waals surface area contributed by atoms with Gasteiger partial charge in [-0.1, -0.05) is 0 Å². The molecular weight excluding hydrogens is 417 g/mol. The maximum absolute atomic E-state index is 12.8. The molecule has 0 heterocycles. The molecule has 2 nitrogen and oxygen atoms in total. The van der Waals surface area contributed by atoms with Crippen molar-refractivity contribution in [2.24, 2.45) is 5.89 Å². The van der Waals surface area contributed by atoms with Gasteiger partial charge >= 0.3 is 178 Å². The van der Waals surface area contributed by atoms with Crippen molar-refractivity contribution in [1.29, 1.82) is 0 Å². The summed E-state index contributed by atoms with van der Waals surface area (Å²) in [6, 6.07) is 31.3. The van der Waals surface area contributed by atoms with Crippen molar-refractivity contribution in [1.82, 2.24) is 0 Å². The minimum absolute atomic E-state index is 0.0329. The van der Waals surface area contributed by atoms with Gasteiger partial charge in [0.2, 0.25) is 0 Å². The average Bonchev–Trinajstić information content (AvgIpc) is 2.97. The van der Waals surface area contributed by atoms with E-state index >= 15 is 0 Å². The van der Waals surface area contributed by atoms with E-state index in [1.165, 1.54) is 13.2 Å². The van der Waals surface area contributed by atoms with Gasteiger partial charge < -0.3 is 0 Å². The van der Waals surface area contributed by atoms with Crippen LogP contribution >= 0.6 is 0 Å². The number of carbonyl (C=O) groups is 1. The van der Waals surface area contributed by atoms with Gasteiger partial charge in [0.05, 0.1) is 0 Å². The van der Waals surface area contributed by atoms with Crippen molar-refractivity contribution in [3.63, 3.8) is 0 Å². The zero-order valence-electron chi connectivity index (χ0n) is 17.7. The molecule has 0 radical (unpaired) electrons. The van der Waals surface area contributed by atoms with E-state index in [1.807, 2.05) is 18.2 Å². The molecule has 29 heavy (non-hydrogen) atoms. The Bertz CT molecular complexity index is 865. The zero-order valence-corrected chi connectivity index (χ0v) is 18.8. The van der Waals surface area contributed by atoms with E-state index in [0.29, 0.717) is 12.8 Å². The van der Waals surface area contributed by atoms with E-state index in [2.05, 4.69) is 72.8 Å². The van der Waals surface area contributed by atoms with Crippen LogP contribution in [0.1, 0.15) is 33.5 Å². The Morgan fingerprint density at radius 3 is 1.72 bits per heavy atom. The summed E-state index contributed by atoms with van der Waals surface area (Å²) in [6.45, 7) is 0.157. The number of ketones is 1. The van der Waals surface area contributed by atoms with Crippen molar-refractivity contribution in [3.8, 4) is 0 Å². The van der Waals surface area contributed by atoms with Gasteiger partial charge in [-0.2, -0.15) is 0 Å². The quantitative estimate of drug-likeness (QED) is 0.426. The Kier molecular flexibility index (Phi) is 6.21. The molecule has 148 valence electrons. The molecule has 1 saturated carbocycles. The first-order valence-corrected chi connectivity index (χ1v) is 14.5. The normalized spacial score (nSPS) is 20.7. The van der Waals surface area contributed by atoms with Gasteiger partial charge in [0, 0.05) is 0 Å². The average molecular weight is 446 g/mol. The molecule has 0 saturated heterocycles. The maximum atomic E-state index is 12.8. The fraction of sp³-hybridized carbons (Fsp3) is 0.269. The van der Waals surface area contributed by atoms with E-state index in [-0.39, 0.29) is 12.4 Å². The van der Waals surface area contributed by atoms with E-state index in [1.54, 1.807) is 0 Å². The third kappa shape index (κ3) is 4.39. The fourth-order valence-electron chi connectivity index (χ4n) is 4.23. The molecule has 1 fully saturated rings. The van der Waals surface area contributed by atoms with Crippen LogP contribution in [0, 0.1) is 5.89 Å². The summed E-state index contributed by atoms with van der Waals surface area (Å²) < 4.78 is 19.5. The first kappa shape index (κ1) is 18.8. The molecule has 0 aromatic heterocycles. The molecule has 3 heteroatoms. The van der Waals surface area contributed by atoms with Crippen LogP contribution in [0.25, 0.3) is 0 Å². The summed E-state index contributed by atoms with van der Waals surface area (Å²) in [6.07, 6.45) is 3.91. The second-order valence-electron chi connectivity index (χ2n) is 7.66. The third-order valence-electron chi connectivity index (χ3n) is 5.78. The first-order valence-electron chi connectivity index (χ1n) is 11.0. The summed E-state index contributed by atoms with van der Waals surface area (Å²) in [5.41, 5.74) is 0. The van der Waals surface area contributed by atoms with E-state index in [4.69, 9.17) is 5.13 Å². The minimum atomic E-state index is -3.57. The second-order valence-corrected chi connectivity index (χ2v) is 14.8. The Morgan fingerprint density at radius 1 is 0.759 bits per heavy atom. The Hall–Kier alpha value is -2.17. The summed E-state index contributed by atoms with van der Waals surface area (Å²) in [5.74, 6) is -1.11. The number of hydrogen-bond acceptors (Lipinski definition) is 2. The van der Waals surface area contributed by atoms with Gasteiger partial charge in [-0.25, -0.2) is 0 Å². The van der Waals surface area contributed by atoms with Crippen molar-refractivity contribution >= 4 is 32.6 Å². The number of hydrogen-bond donors (Lipinski definition) is 0. The van der Waals surface area contributed by atoms with Crippen molar-refractivity contribution in [3.05, 3.63) is 91.0 Å². The molecule has 0 aliphatic heterocycles. The van der Waals surface area contributed by atoms with Crippen LogP contribution in [0.15, 0.2) is 91.0 Å². The Morgan fingerprint density at radius 2 is 1.24 bits per heavy atom. The number of benzene rings is 3. The monoisotopic (exact) mass is 447 g/mol. The Balaban J connectivity index is 1.84. The molecule has 0 spiro atoms. The van der Waals surface area contributed by atoms with E-state index in [9.17, 15) is 4.79 Å². The predicted molar refractivity (Wildman–Crippen MR) is 122 cm³/mol. The van der Waals surface area contributed by atoms with Crippen LogP contribution in [-0.2, 0) is 8.56 Å². The van der Waals surface area contributed by atoms with Crippen LogP contribution in [0.2, 0.25) is 0 Å². The second kappa shape index (κ2) is 9.55. The van der Waals surface area contributed by atoms with Gasteiger partial charge in [0.1, 0.15) is 0 Å². The van der Waals surface area contributed by atoms with Crippen LogP contribution in [0.3, 0.4) is 0 Å². The molecule has 3 aromatic carbocycles. The summed E-state index contributed by atoms with van der Waals surface area (Å²) >= 11 is -3.57. The molecule has 0 N–H and O–H groups in total. The van der Waals surface area contributed by atoms with E-state index in [0.717, 1.165) is 19.3 Å². The fourth-order valence-corrected chi connectivity index (χ4v) is 12.4. The molecule has 1 unspecified atom stereocenters. The van der Waals surface area contributed by atoms with Gasteiger partial charge in [0.25, 0.3) is 0 Å². The number of carbonyl (C=O) groups excluding carboxylic acids is 1. The van der Waals surface area contributed by atoms with Crippen LogP contribution < -0.4 is 13.2 Å². The van der Waals surface area contributed by atoms with Gasteiger partial charge in [-0.05, 0) is 0 Å². The first-order chi connectivity index (χ1) is 14.7. The summed E-state index contributed by atoms with van der Waals surface area (Å²) in [7, 11) is 0. The molecule has 3 aromatic rings. The standard InChI is InChI=1S/C26H28GeO2/c28-26-20-12-1-5-13-22(26)21-29-27(23-14-6-2-7-15-23,24-16-8-3-9-17-24)25-18-10-4-11-19-25/h2-4,6-11,14-19,22H,1,5,12-13,20-21H2/i22D. The molecule has 1 aliphatic carbocycles. The summed E-state index contributed by atoms with van der Waals surface area (Å²) in [5, 5.41) is 0. The van der Waals surface area contributed by atoms with Gasteiger partial charge in [0.15, 0.2) is 0 Å². The van der Waals surface area contributed by atoms with Gasteiger partial charge in [-0.15, -0.1) is 0 Å².